The Labute approximate surface area is 81.2 Å². The van der Waals surface area contributed by atoms with Crippen LogP contribution in [-0.4, -0.2) is 5.84 Å². The number of nitrogens with two attached hydrogens (primary N) is 1. The molecule has 14 heavy (non-hydrogen) atoms. The highest BCUT2D eigenvalue weighted by molar-refractivity contribution is 5.95. The fourth-order valence-corrected chi connectivity index (χ4v) is 1.26. The molecule has 1 rings (SSSR count). The van der Waals surface area contributed by atoms with Crippen LogP contribution in [0.25, 0.3) is 0 Å². The number of benzene rings is 1. The van der Waals surface area contributed by atoms with Crippen LogP contribution in [0.4, 0.5) is 8.78 Å². The second-order valence-electron chi connectivity index (χ2n) is 3.39. The first-order valence-electron chi connectivity index (χ1n) is 4.27. The first-order chi connectivity index (χ1) is 6.45. The van der Waals surface area contributed by atoms with Crippen LogP contribution in [0.1, 0.15) is 30.9 Å². The highest BCUT2D eigenvalue weighted by Crippen LogP contribution is 2.22. The summed E-state index contributed by atoms with van der Waals surface area (Å²) in [7, 11) is 0. The average molecular weight is 198 g/mol. The van der Waals surface area contributed by atoms with Crippen LogP contribution in [-0.2, 0) is 0 Å². The van der Waals surface area contributed by atoms with Crippen molar-refractivity contribution < 1.29 is 8.78 Å². The standard InChI is InChI=1S/C10H12F2N2/c1-5(2)6-3-4-7(11)8(9(6)12)10(13)14/h3-5H,1-2H3,(H3,13,14). The van der Waals surface area contributed by atoms with Gasteiger partial charge in [0.05, 0.1) is 5.56 Å². The van der Waals surface area contributed by atoms with Crippen LogP contribution in [0.3, 0.4) is 0 Å². The molecule has 0 aliphatic heterocycles. The zero-order valence-electron chi connectivity index (χ0n) is 8.07. The molecule has 0 atom stereocenters. The molecule has 0 spiro atoms. The van der Waals surface area contributed by atoms with Gasteiger partial charge in [0.1, 0.15) is 17.5 Å². The lowest BCUT2D eigenvalue weighted by Crippen LogP contribution is -2.17. The van der Waals surface area contributed by atoms with Gasteiger partial charge in [0.15, 0.2) is 0 Å². The van der Waals surface area contributed by atoms with E-state index in [-0.39, 0.29) is 5.92 Å². The number of halogens is 2. The summed E-state index contributed by atoms with van der Waals surface area (Å²) in [6, 6.07) is 2.51. The van der Waals surface area contributed by atoms with Gasteiger partial charge in [0, 0.05) is 0 Å². The molecular weight excluding hydrogens is 186 g/mol. The summed E-state index contributed by atoms with van der Waals surface area (Å²) in [5.74, 6) is -2.16. The van der Waals surface area contributed by atoms with Crippen LogP contribution < -0.4 is 5.73 Å². The minimum atomic E-state index is -0.792. The third kappa shape index (κ3) is 1.73. The Morgan fingerprint density at radius 2 is 1.93 bits per heavy atom. The van der Waals surface area contributed by atoms with Crippen molar-refractivity contribution in [1.29, 1.82) is 5.41 Å². The molecule has 3 N–H and O–H groups in total. The molecule has 0 aliphatic rings. The van der Waals surface area contributed by atoms with Crippen molar-refractivity contribution >= 4 is 5.84 Å². The largest absolute Gasteiger partial charge is 0.384 e. The third-order valence-corrected chi connectivity index (χ3v) is 2.01. The van der Waals surface area contributed by atoms with Gasteiger partial charge in [-0.1, -0.05) is 19.9 Å². The predicted molar refractivity (Wildman–Crippen MR) is 51.5 cm³/mol. The van der Waals surface area contributed by atoms with Crippen molar-refractivity contribution in [3.63, 3.8) is 0 Å². The van der Waals surface area contributed by atoms with E-state index in [0.717, 1.165) is 6.07 Å². The Morgan fingerprint density at radius 1 is 1.36 bits per heavy atom. The second-order valence-corrected chi connectivity index (χ2v) is 3.39. The van der Waals surface area contributed by atoms with Crippen LogP contribution in [0.2, 0.25) is 0 Å². The van der Waals surface area contributed by atoms with E-state index in [1.165, 1.54) is 6.07 Å². The molecule has 0 radical (unpaired) electrons. The smallest absolute Gasteiger partial charge is 0.140 e. The second kappa shape index (κ2) is 3.74. The summed E-state index contributed by atoms with van der Waals surface area (Å²) in [6.07, 6.45) is 0. The zero-order valence-corrected chi connectivity index (χ0v) is 8.07. The number of rotatable bonds is 2. The maximum absolute atomic E-state index is 13.6. The van der Waals surface area contributed by atoms with E-state index in [0.29, 0.717) is 5.56 Å². The number of hydrogen-bond donors (Lipinski definition) is 2. The normalized spacial score (nSPS) is 10.6. The molecular formula is C10H12F2N2. The SMILES string of the molecule is CC(C)c1ccc(F)c(C(=N)N)c1F. The number of nitrogens with one attached hydrogen (secondary N) is 1. The molecule has 0 saturated heterocycles. The molecule has 0 aromatic heterocycles. The lowest BCUT2D eigenvalue weighted by atomic mass is 9.99. The van der Waals surface area contributed by atoms with E-state index in [1.807, 2.05) is 0 Å². The molecule has 0 heterocycles. The predicted octanol–water partition coefficient (Wildman–Crippen LogP) is 2.37. The van der Waals surface area contributed by atoms with Crippen LogP contribution in [0.5, 0.6) is 0 Å². The van der Waals surface area contributed by atoms with Gasteiger partial charge in [0.2, 0.25) is 0 Å². The number of hydrogen-bond acceptors (Lipinski definition) is 1. The molecule has 0 bridgehead atoms. The fourth-order valence-electron chi connectivity index (χ4n) is 1.26. The molecule has 0 unspecified atom stereocenters. The fraction of sp³-hybridized carbons (Fsp3) is 0.300. The number of nitrogen functional groups attached to an aromatic ring is 1. The average Bonchev–Trinajstić information content (AvgIpc) is 2.02. The molecule has 4 heteroatoms. The van der Waals surface area contributed by atoms with E-state index in [9.17, 15) is 8.78 Å². The van der Waals surface area contributed by atoms with Gasteiger partial charge >= 0.3 is 0 Å². The third-order valence-electron chi connectivity index (χ3n) is 2.01. The van der Waals surface area contributed by atoms with E-state index in [4.69, 9.17) is 11.1 Å². The van der Waals surface area contributed by atoms with E-state index in [2.05, 4.69) is 0 Å². The first-order valence-corrected chi connectivity index (χ1v) is 4.27. The van der Waals surface area contributed by atoms with Crippen molar-refractivity contribution in [2.24, 2.45) is 5.73 Å². The highest BCUT2D eigenvalue weighted by atomic mass is 19.1. The van der Waals surface area contributed by atoms with Crippen molar-refractivity contribution in [2.75, 3.05) is 0 Å². The van der Waals surface area contributed by atoms with Crippen molar-refractivity contribution in [3.05, 3.63) is 34.9 Å². The van der Waals surface area contributed by atoms with Gasteiger partial charge in [0.25, 0.3) is 0 Å². The highest BCUT2D eigenvalue weighted by Gasteiger charge is 2.17. The topological polar surface area (TPSA) is 49.9 Å². The lowest BCUT2D eigenvalue weighted by molar-refractivity contribution is 0.560. The summed E-state index contributed by atoms with van der Waals surface area (Å²) >= 11 is 0. The maximum atomic E-state index is 13.6. The minimum Gasteiger partial charge on any atom is -0.384 e. The van der Waals surface area contributed by atoms with E-state index in [1.54, 1.807) is 13.8 Å². The van der Waals surface area contributed by atoms with Gasteiger partial charge in [-0.05, 0) is 17.5 Å². The molecule has 0 fully saturated rings. The summed E-state index contributed by atoms with van der Waals surface area (Å²) in [5.41, 5.74) is 5.03. The molecule has 0 amide bonds. The molecule has 1 aromatic rings. The van der Waals surface area contributed by atoms with Gasteiger partial charge in [-0.2, -0.15) is 0 Å². The Hall–Kier alpha value is -1.45. The lowest BCUT2D eigenvalue weighted by Gasteiger charge is -2.10. The minimum absolute atomic E-state index is 0.0614. The van der Waals surface area contributed by atoms with Gasteiger partial charge in [-0.15, -0.1) is 0 Å². The van der Waals surface area contributed by atoms with Crippen LogP contribution in [0.15, 0.2) is 12.1 Å². The number of amidine groups is 1. The van der Waals surface area contributed by atoms with E-state index < -0.39 is 23.0 Å². The van der Waals surface area contributed by atoms with Crippen molar-refractivity contribution in [1.82, 2.24) is 0 Å². The molecule has 0 saturated carbocycles. The van der Waals surface area contributed by atoms with Gasteiger partial charge < -0.3 is 5.73 Å². The summed E-state index contributed by atoms with van der Waals surface area (Å²) < 4.78 is 26.7. The Balaban J connectivity index is 3.41. The molecule has 76 valence electrons. The first kappa shape index (κ1) is 10.6. The zero-order chi connectivity index (χ0) is 10.9. The van der Waals surface area contributed by atoms with Gasteiger partial charge in [-0.25, -0.2) is 8.78 Å². The van der Waals surface area contributed by atoms with Crippen LogP contribution in [0, 0.1) is 17.0 Å². The summed E-state index contributed by atoms with van der Waals surface area (Å²) in [6.45, 7) is 3.58. The summed E-state index contributed by atoms with van der Waals surface area (Å²) in [5, 5.41) is 7.05. The molecule has 0 aliphatic carbocycles. The monoisotopic (exact) mass is 198 g/mol. The summed E-state index contributed by atoms with van der Waals surface area (Å²) in [4.78, 5) is 0. The van der Waals surface area contributed by atoms with Crippen molar-refractivity contribution in [2.45, 2.75) is 19.8 Å². The molecule has 2 nitrogen and oxygen atoms in total. The van der Waals surface area contributed by atoms with Gasteiger partial charge in [-0.3, -0.25) is 5.41 Å². The Morgan fingerprint density at radius 3 is 2.36 bits per heavy atom. The van der Waals surface area contributed by atoms with Crippen molar-refractivity contribution in [3.8, 4) is 0 Å². The molecule has 1 aromatic carbocycles. The quantitative estimate of drug-likeness (QED) is 0.556. The Bertz CT molecular complexity index is 373. The van der Waals surface area contributed by atoms with Crippen LogP contribution >= 0.6 is 0 Å². The Kier molecular flexibility index (Phi) is 2.84. The van der Waals surface area contributed by atoms with E-state index >= 15 is 0 Å². The maximum Gasteiger partial charge on any atom is 0.140 e.